The van der Waals surface area contributed by atoms with Crippen molar-refractivity contribution in [1.29, 1.82) is 0 Å². The lowest BCUT2D eigenvalue weighted by Gasteiger charge is -2.34. The zero-order valence-corrected chi connectivity index (χ0v) is 10.2. The number of nitrogens with one attached hydrogen (secondary N) is 1. The second-order valence-corrected chi connectivity index (χ2v) is 5.04. The Hall–Kier alpha value is -0.150. The van der Waals surface area contributed by atoms with Crippen LogP contribution in [0.25, 0.3) is 0 Å². The fourth-order valence-electron chi connectivity index (χ4n) is 1.63. The second-order valence-electron chi connectivity index (χ2n) is 3.82. The van der Waals surface area contributed by atoms with Crippen molar-refractivity contribution < 1.29 is 0 Å². The molecule has 1 saturated carbocycles. The molecule has 1 aromatic carbocycles. The van der Waals surface area contributed by atoms with Gasteiger partial charge >= 0.3 is 0 Å². The third-order valence-electron chi connectivity index (χ3n) is 2.54. The van der Waals surface area contributed by atoms with Crippen molar-refractivity contribution in [2.45, 2.75) is 24.9 Å². The highest BCUT2D eigenvalue weighted by Gasteiger charge is 2.26. The van der Waals surface area contributed by atoms with Crippen molar-refractivity contribution in [3.63, 3.8) is 0 Å². The van der Waals surface area contributed by atoms with E-state index in [0.717, 1.165) is 18.5 Å². The molecule has 0 unspecified atom stereocenters. The lowest BCUT2D eigenvalue weighted by Crippen LogP contribution is -2.44. The third-order valence-corrected chi connectivity index (χ3v) is 3.58. The van der Waals surface area contributed by atoms with Gasteiger partial charge in [-0.25, -0.2) is 0 Å². The van der Waals surface area contributed by atoms with Gasteiger partial charge in [-0.2, -0.15) is 0 Å². The number of halogens is 3. The Morgan fingerprint density at radius 3 is 2.27 bits per heavy atom. The van der Waals surface area contributed by atoms with Gasteiger partial charge in [-0.05, 0) is 25.0 Å². The molecule has 5 heteroatoms. The van der Waals surface area contributed by atoms with Gasteiger partial charge in [0.15, 0.2) is 0 Å². The Bertz CT molecular complexity index is 375. The molecule has 15 heavy (non-hydrogen) atoms. The summed E-state index contributed by atoms with van der Waals surface area (Å²) in [5.41, 5.74) is 6.52. The number of benzene rings is 1. The van der Waals surface area contributed by atoms with Crippen molar-refractivity contribution in [3.8, 4) is 0 Å². The summed E-state index contributed by atoms with van der Waals surface area (Å²) in [6.07, 6.45) is 1.94. The SMILES string of the molecule is NC1CC(Nc2cc(Cl)c(Cl)cc2Cl)C1. The molecule has 1 aromatic rings. The molecule has 0 amide bonds. The van der Waals surface area contributed by atoms with Crippen LogP contribution >= 0.6 is 34.8 Å². The molecule has 2 nitrogen and oxygen atoms in total. The molecule has 1 aliphatic carbocycles. The van der Waals surface area contributed by atoms with Gasteiger partial charge in [0, 0.05) is 12.1 Å². The summed E-state index contributed by atoms with van der Waals surface area (Å²) in [5, 5.41) is 4.85. The van der Waals surface area contributed by atoms with Crippen molar-refractivity contribution in [2.24, 2.45) is 5.73 Å². The zero-order valence-electron chi connectivity index (χ0n) is 7.93. The zero-order chi connectivity index (χ0) is 11.0. The number of nitrogens with two attached hydrogens (primary N) is 1. The van der Waals surface area contributed by atoms with Crippen LogP contribution in [-0.2, 0) is 0 Å². The lowest BCUT2D eigenvalue weighted by atomic mass is 9.87. The van der Waals surface area contributed by atoms with Crippen LogP contribution < -0.4 is 11.1 Å². The first-order chi connectivity index (χ1) is 7.06. The third kappa shape index (κ3) is 2.51. The topological polar surface area (TPSA) is 38.0 Å². The predicted octanol–water partition coefficient (Wildman–Crippen LogP) is 3.55. The predicted molar refractivity (Wildman–Crippen MR) is 66.1 cm³/mol. The van der Waals surface area contributed by atoms with E-state index in [1.807, 2.05) is 0 Å². The van der Waals surface area contributed by atoms with E-state index in [0.29, 0.717) is 27.2 Å². The standard InChI is InChI=1S/C10H11Cl3N2/c11-7-3-9(13)10(4-8(7)12)15-6-1-5(14)2-6/h3-6,15H,1-2,14H2. The molecule has 1 aliphatic rings. The molecule has 0 bridgehead atoms. The van der Waals surface area contributed by atoms with Crippen LogP contribution in [0.3, 0.4) is 0 Å². The van der Waals surface area contributed by atoms with Crippen LogP contribution in [0, 0.1) is 0 Å². The Balaban J connectivity index is 2.11. The monoisotopic (exact) mass is 264 g/mol. The van der Waals surface area contributed by atoms with E-state index < -0.39 is 0 Å². The maximum absolute atomic E-state index is 6.03. The fraction of sp³-hybridized carbons (Fsp3) is 0.400. The van der Waals surface area contributed by atoms with Crippen LogP contribution in [0.15, 0.2) is 12.1 Å². The molecule has 0 spiro atoms. The molecule has 0 heterocycles. The van der Waals surface area contributed by atoms with Gasteiger partial charge in [0.25, 0.3) is 0 Å². The molecule has 1 fully saturated rings. The molecular formula is C10H11Cl3N2. The van der Waals surface area contributed by atoms with Gasteiger partial charge in [0.2, 0.25) is 0 Å². The molecule has 2 rings (SSSR count). The highest BCUT2D eigenvalue weighted by atomic mass is 35.5. The van der Waals surface area contributed by atoms with Gasteiger partial charge in [-0.3, -0.25) is 0 Å². The molecule has 0 radical (unpaired) electrons. The van der Waals surface area contributed by atoms with Crippen molar-refractivity contribution >= 4 is 40.5 Å². The van der Waals surface area contributed by atoms with Gasteiger partial charge in [0.1, 0.15) is 0 Å². The average Bonchev–Trinajstić information content (AvgIpc) is 2.11. The van der Waals surface area contributed by atoms with Crippen LogP contribution in [0.2, 0.25) is 15.1 Å². The Kier molecular flexibility index (Phi) is 3.31. The van der Waals surface area contributed by atoms with Crippen LogP contribution in [0.1, 0.15) is 12.8 Å². The van der Waals surface area contributed by atoms with Crippen LogP contribution in [0.5, 0.6) is 0 Å². The Labute approximate surface area is 104 Å². The van der Waals surface area contributed by atoms with Crippen molar-refractivity contribution in [3.05, 3.63) is 27.2 Å². The normalized spacial score (nSPS) is 24.8. The minimum atomic E-state index is 0.309. The van der Waals surface area contributed by atoms with E-state index in [9.17, 15) is 0 Å². The summed E-state index contributed by atoms with van der Waals surface area (Å²) < 4.78 is 0. The molecular weight excluding hydrogens is 254 g/mol. The summed E-state index contributed by atoms with van der Waals surface area (Å²) in [5.74, 6) is 0. The maximum atomic E-state index is 6.03. The molecule has 0 aliphatic heterocycles. The summed E-state index contributed by atoms with van der Waals surface area (Å²) in [6.45, 7) is 0. The number of anilines is 1. The minimum Gasteiger partial charge on any atom is -0.381 e. The maximum Gasteiger partial charge on any atom is 0.0653 e. The number of hydrogen-bond donors (Lipinski definition) is 2. The quantitative estimate of drug-likeness (QED) is 0.803. The molecule has 82 valence electrons. The Morgan fingerprint density at radius 2 is 1.67 bits per heavy atom. The van der Waals surface area contributed by atoms with E-state index in [-0.39, 0.29) is 0 Å². The summed E-state index contributed by atoms with van der Waals surface area (Å²) >= 11 is 17.8. The van der Waals surface area contributed by atoms with E-state index >= 15 is 0 Å². The van der Waals surface area contributed by atoms with Crippen molar-refractivity contribution in [2.75, 3.05) is 5.32 Å². The minimum absolute atomic E-state index is 0.309. The van der Waals surface area contributed by atoms with Gasteiger partial charge in [-0.15, -0.1) is 0 Å². The molecule has 3 N–H and O–H groups in total. The highest BCUT2D eigenvalue weighted by molar-refractivity contribution is 6.44. The van der Waals surface area contributed by atoms with Gasteiger partial charge in [-0.1, -0.05) is 34.8 Å². The molecule has 0 aromatic heterocycles. The lowest BCUT2D eigenvalue weighted by molar-refractivity contribution is 0.374. The van der Waals surface area contributed by atoms with E-state index in [1.165, 1.54) is 0 Å². The van der Waals surface area contributed by atoms with Crippen molar-refractivity contribution in [1.82, 2.24) is 0 Å². The smallest absolute Gasteiger partial charge is 0.0653 e. The molecule has 0 saturated heterocycles. The second kappa shape index (κ2) is 4.38. The first-order valence-corrected chi connectivity index (χ1v) is 5.86. The summed E-state index contributed by atoms with van der Waals surface area (Å²) in [7, 11) is 0. The number of hydrogen-bond acceptors (Lipinski definition) is 2. The van der Waals surface area contributed by atoms with Crippen LogP contribution in [0.4, 0.5) is 5.69 Å². The first kappa shape index (κ1) is 11.3. The largest absolute Gasteiger partial charge is 0.381 e. The fourth-order valence-corrected chi connectivity index (χ4v) is 2.23. The average molecular weight is 266 g/mol. The highest BCUT2D eigenvalue weighted by Crippen LogP contribution is 2.34. The first-order valence-electron chi connectivity index (χ1n) is 4.73. The summed E-state index contributed by atoms with van der Waals surface area (Å²) in [4.78, 5) is 0. The van der Waals surface area contributed by atoms with E-state index in [2.05, 4.69) is 5.32 Å². The Morgan fingerprint density at radius 1 is 1.07 bits per heavy atom. The van der Waals surface area contributed by atoms with Gasteiger partial charge < -0.3 is 11.1 Å². The van der Waals surface area contributed by atoms with E-state index in [4.69, 9.17) is 40.5 Å². The summed E-state index contributed by atoms with van der Waals surface area (Å²) in [6, 6.07) is 4.10. The number of rotatable bonds is 2. The van der Waals surface area contributed by atoms with Gasteiger partial charge in [0.05, 0.1) is 20.8 Å². The molecule has 0 atom stereocenters. The van der Waals surface area contributed by atoms with Crippen LogP contribution in [-0.4, -0.2) is 12.1 Å². The van der Waals surface area contributed by atoms with E-state index in [1.54, 1.807) is 12.1 Å².